The SMILES string of the molecule is Cc1ccccc1C(=O)NNC(=O)COc1ccccc1C#N. The Morgan fingerprint density at radius 2 is 1.78 bits per heavy atom. The average Bonchev–Trinajstić information content (AvgIpc) is 2.58. The van der Waals surface area contributed by atoms with E-state index >= 15 is 0 Å². The van der Waals surface area contributed by atoms with Crippen molar-refractivity contribution in [1.29, 1.82) is 5.26 Å². The smallest absolute Gasteiger partial charge is 0.276 e. The van der Waals surface area contributed by atoms with Crippen molar-refractivity contribution in [2.75, 3.05) is 6.61 Å². The van der Waals surface area contributed by atoms with Gasteiger partial charge in [-0.1, -0.05) is 30.3 Å². The van der Waals surface area contributed by atoms with E-state index in [1.807, 2.05) is 12.1 Å². The minimum atomic E-state index is -0.528. The van der Waals surface area contributed by atoms with E-state index in [-0.39, 0.29) is 6.61 Å². The lowest BCUT2D eigenvalue weighted by Gasteiger charge is -2.10. The minimum Gasteiger partial charge on any atom is -0.482 e. The highest BCUT2D eigenvalue weighted by atomic mass is 16.5. The maximum Gasteiger partial charge on any atom is 0.276 e. The Balaban J connectivity index is 1.85. The van der Waals surface area contributed by atoms with E-state index in [1.54, 1.807) is 49.4 Å². The molecule has 6 heteroatoms. The van der Waals surface area contributed by atoms with Crippen LogP contribution in [0.4, 0.5) is 0 Å². The molecule has 23 heavy (non-hydrogen) atoms. The number of rotatable bonds is 4. The molecule has 0 saturated heterocycles. The van der Waals surface area contributed by atoms with Crippen LogP contribution in [0.5, 0.6) is 5.75 Å². The van der Waals surface area contributed by atoms with Crippen molar-refractivity contribution in [3.63, 3.8) is 0 Å². The Labute approximate surface area is 133 Å². The van der Waals surface area contributed by atoms with Crippen LogP contribution >= 0.6 is 0 Å². The second-order valence-electron chi connectivity index (χ2n) is 4.71. The van der Waals surface area contributed by atoms with Crippen LogP contribution in [0.1, 0.15) is 21.5 Å². The van der Waals surface area contributed by atoms with Crippen LogP contribution in [-0.4, -0.2) is 18.4 Å². The average molecular weight is 309 g/mol. The van der Waals surface area contributed by atoms with Crippen molar-refractivity contribution in [3.8, 4) is 11.8 Å². The number of carbonyl (C=O) groups excluding carboxylic acids is 2. The van der Waals surface area contributed by atoms with Crippen molar-refractivity contribution in [2.24, 2.45) is 0 Å². The zero-order valence-corrected chi connectivity index (χ0v) is 12.5. The normalized spacial score (nSPS) is 9.57. The monoisotopic (exact) mass is 309 g/mol. The lowest BCUT2D eigenvalue weighted by molar-refractivity contribution is -0.123. The summed E-state index contributed by atoms with van der Waals surface area (Å²) in [4.78, 5) is 23.6. The summed E-state index contributed by atoms with van der Waals surface area (Å²) < 4.78 is 5.27. The molecule has 2 aromatic carbocycles. The molecular formula is C17H15N3O3. The highest BCUT2D eigenvalue weighted by Crippen LogP contribution is 2.16. The number of nitriles is 1. The van der Waals surface area contributed by atoms with Crippen LogP contribution in [0.15, 0.2) is 48.5 Å². The number of nitrogens with one attached hydrogen (secondary N) is 2. The van der Waals surface area contributed by atoms with E-state index in [0.717, 1.165) is 5.56 Å². The summed E-state index contributed by atoms with van der Waals surface area (Å²) in [6.45, 7) is 1.49. The Morgan fingerprint density at radius 1 is 1.09 bits per heavy atom. The molecule has 0 saturated carbocycles. The first-order chi connectivity index (χ1) is 11.1. The maximum atomic E-state index is 11.9. The molecule has 0 heterocycles. The van der Waals surface area contributed by atoms with Gasteiger partial charge in [-0.25, -0.2) is 0 Å². The van der Waals surface area contributed by atoms with Gasteiger partial charge in [-0.3, -0.25) is 20.4 Å². The number of nitrogens with zero attached hydrogens (tertiary/aromatic N) is 1. The van der Waals surface area contributed by atoms with Crippen molar-refractivity contribution >= 4 is 11.8 Å². The standard InChI is InChI=1S/C17H15N3O3/c1-12-6-2-4-8-14(12)17(22)20-19-16(21)11-23-15-9-5-3-7-13(15)10-18/h2-9H,11H2,1H3,(H,19,21)(H,20,22). The van der Waals surface area contributed by atoms with Crippen LogP contribution in [0.2, 0.25) is 0 Å². The van der Waals surface area contributed by atoms with Gasteiger partial charge in [0.2, 0.25) is 0 Å². The summed E-state index contributed by atoms with van der Waals surface area (Å²) in [6.07, 6.45) is 0. The van der Waals surface area contributed by atoms with Crippen LogP contribution in [0.25, 0.3) is 0 Å². The highest BCUT2D eigenvalue weighted by molar-refractivity contribution is 5.96. The molecule has 2 amide bonds. The van der Waals surface area contributed by atoms with Gasteiger partial charge in [0.05, 0.1) is 5.56 Å². The van der Waals surface area contributed by atoms with E-state index in [4.69, 9.17) is 10.00 Å². The van der Waals surface area contributed by atoms with Gasteiger partial charge in [-0.05, 0) is 30.7 Å². The van der Waals surface area contributed by atoms with E-state index < -0.39 is 11.8 Å². The Bertz CT molecular complexity index is 766. The fourth-order valence-electron chi connectivity index (χ4n) is 1.89. The number of para-hydroxylation sites is 1. The highest BCUT2D eigenvalue weighted by Gasteiger charge is 2.10. The van der Waals surface area contributed by atoms with Gasteiger partial charge in [-0.15, -0.1) is 0 Å². The molecule has 0 spiro atoms. The topological polar surface area (TPSA) is 91.2 Å². The number of aryl methyl sites for hydroxylation is 1. The molecule has 0 fully saturated rings. The van der Waals surface area contributed by atoms with Gasteiger partial charge in [-0.2, -0.15) is 5.26 Å². The Morgan fingerprint density at radius 3 is 2.52 bits per heavy atom. The number of ether oxygens (including phenoxy) is 1. The number of hydrogen-bond acceptors (Lipinski definition) is 4. The molecule has 0 aliphatic rings. The molecule has 0 aliphatic heterocycles. The first-order valence-electron chi connectivity index (χ1n) is 6.88. The summed E-state index contributed by atoms with van der Waals surface area (Å²) in [6, 6.07) is 15.6. The van der Waals surface area contributed by atoms with Crippen LogP contribution in [0, 0.1) is 18.3 Å². The van der Waals surface area contributed by atoms with Crippen molar-refractivity contribution < 1.29 is 14.3 Å². The number of carbonyl (C=O) groups is 2. The third kappa shape index (κ3) is 4.32. The van der Waals surface area contributed by atoms with E-state index in [0.29, 0.717) is 16.9 Å². The minimum absolute atomic E-state index is 0.313. The molecule has 0 bridgehead atoms. The van der Waals surface area contributed by atoms with Crippen molar-refractivity contribution in [2.45, 2.75) is 6.92 Å². The second kappa shape index (κ2) is 7.61. The molecule has 0 aromatic heterocycles. The molecule has 2 aromatic rings. The van der Waals surface area contributed by atoms with Gasteiger partial charge in [0.15, 0.2) is 6.61 Å². The maximum absolute atomic E-state index is 11.9. The lowest BCUT2D eigenvalue weighted by Crippen LogP contribution is -2.44. The Hall–Kier alpha value is -3.33. The van der Waals surface area contributed by atoms with Gasteiger partial charge in [0, 0.05) is 5.56 Å². The van der Waals surface area contributed by atoms with Crippen LogP contribution in [-0.2, 0) is 4.79 Å². The van der Waals surface area contributed by atoms with Gasteiger partial charge in [0.25, 0.3) is 11.8 Å². The Kier molecular flexibility index (Phi) is 5.31. The van der Waals surface area contributed by atoms with Crippen LogP contribution in [0.3, 0.4) is 0 Å². The van der Waals surface area contributed by atoms with Crippen molar-refractivity contribution in [3.05, 3.63) is 65.2 Å². The molecule has 2 rings (SSSR count). The number of hydrogen-bond donors (Lipinski definition) is 2. The van der Waals surface area contributed by atoms with E-state index in [2.05, 4.69) is 10.9 Å². The largest absolute Gasteiger partial charge is 0.482 e. The zero-order valence-electron chi connectivity index (χ0n) is 12.5. The van der Waals surface area contributed by atoms with E-state index in [1.165, 1.54) is 0 Å². The van der Waals surface area contributed by atoms with E-state index in [9.17, 15) is 9.59 Å². The summed E-state index contributed by atoms with van der Waals surface area (Å²) in [5, 5.41) is 8.92. The summed E-state index contributed by atoms with van der Waals surface area (Å²) in [7, 11) is 0. The third-order valence-electron chi connectivity index (χ3n) is 3.07. The van der Waals surface area contributed by atoms with Gasteiger partial charge < -0.3 is 4.74 Å². The molecule has 2 N–H and O–H groups in total. The second-order valence-corrected chi connectivity index (χ2v) is 4.71. The fourth-order valence-corrected chi connectivity index (χ4v) is 1.89. The molecule has 0 unspecified atom stereocenters. The molecule has 116 valence electrons. The molecule has 6 nitrogen and oxygen atoms in total. The van der Waals surface area contributed by atoms with Crippen LogP contribution < -0.4 is 15.6 Å². The first kappa shape index (κ1) is 16.0. The predicted octanol–water partition coefficient (Wildman–Crippen LogP) is 1.71. The predicted molar refractivity (Wildman–Crippen MR) is 83.4 cm³/mol. The lowest BCUT2D eigenvalue weighted by atomic mass is 10.1. The number of amides is 2. The molecule has 0 radical (unpaired) electrons. The molecular weight excluding hydrogens is 294 g/mol. The molecule has 0 atom stereocenters. The number of hydrazine groups is 1. The fraction of sp³-hybridized carbons (Fsp3) is 0.118. The summed E-state index contributed by atoms with van der Waals surface area (Å²) >= 11 is 0. The summed E-state index contributed by atoms with van der Waals surface area (Å²) in [5.74, 6) is -0.621. The third-order valence-corrected chi connectivity index (χ3v) is 3.07. The molecule has 0 aliphatic carbocycles. The van der Waals surface area contributed by atoms with Crippen molar-refractivity contribution in [1.82, 2.24) is 10.9 Å². The summed E-state index contributed by atoms with van der Waals surface area (Å²) in [5.41, 5.74) is 6.21. The quantitative estimate of drug-likeness (QED) is 0.841. The van der Waals surface area contributed by atoms with Gasteiger partial charge >= 0.3 is 0 Å². The van der Waals surface area contributed by atoms with Gasteiger partial charge in [0.1, 0.15) is 11.8 Å². The zero-order chi connectivity index (χ0) is 16.7. The first-order valence-corrected chi connectivity index (χ1v) is 6.88. The number of benzene rings is 2.